The van der Waals surface area contributed by atoms with E-state index in [-0.39, 0.29) is 11.9 Å². The first-order valence-corrected chi connectivity index (χ1v) is 10.4. The number of amides is 1. The Balaban J connectivity index is 1.70. The Kier molecular flexibility index (Phi) is 4.44. The van der Waals surface area contributed by atoms with Crippen LogP contribution in [-0.2, 0) is 10.2 Å². The van der Waals surface area contributed by atoms with Crippen LogP contribution in [0.4, 0.5) is 11.4 Å². The average molecular weight is 409 g/mol. The maximum Gasteiger partial charge on any atom is 0.240 e. The molecule has 1 fully saturated rings. The Morgan fingerprint density at radius 3 is 2.42 bits per heavy atom. The summed E-state index contributed by atoms with van der Waals surface area (Å²) in [6.07, 6.45) is 0.726. The van der Waals surface area contributed by atoms with Crippen molar-refractivity contribution < 1.29 is 9.53 Å². The van der Waals surface area contributed by atoms with Gasteiger partial charge in [-0.15, -0.1) is 0 Å². The average Bonchev–Trinajstić information content (AvgIpc) is 3.33. The lowest BCUT2D eigenvalue weighted by Crippen LogP contribution is -2.43. The number of rotatable bonds is 3. The minimum Gasteiger partial charge on any atom is -0.497 e. The number of carbonyl (C=O) groups is 1. The number of para-hydroxylation sites is 1. The number of hydrogen-bond acceptors (Lipinski definition) is 4. The maximum atomic E-state index is 13.8. The van der Waals surface area contributed by atoms with Crippen molar-refractivity contribution in [1.29, 1.82) is 5.26 Å². The highest BCUT2D eigenvalue weighted by atomic mass is 16.5. The summed E-state index contributed by atoms with van der Waals surface area (Å²) in [5.41, 5.74) is 4.08. The molecule has 1 spiro atoms. The van der Waals surface area contributed by atoms with Gasteiger partial charge in [0.1, 0.15) is 11.2 Å². The highest BCUT2D eigenvalue weighted by Crippen LogP contribution is 2.57. The SMILES string of the molecule is COc1ccc(N2CC[C@@]3(C(=O)N(C)c4ccccc43)[C@@H]2c2ccc(C#N)cc2)cc1. The molecule has 2 aliphatic rings. The van der Waals surface area contributed by atoms with Crippen molar-refractivity contribution in [2.45, 2.75) is 17.9 Å². The molecule has 1 amide bonds. The van der Waals surface area contributed by atoms with Crippen molar-refractivity contribution in [3.63, 3.8) is 0 Å². The number of likely N-dealkylation sites (N-methyl/N-ethyl adjacent to an activating group) is 1. The topological polar surface area (TPSA) is 56.6 Å². The monoisotopic (exact) mass is 409 g/mol. The van der Waals surface area contributed by atoms with Crippen LogP contribution in [0.5, 0.6) is 5.75 Å². The number of hydrogen-bond donors (Lipinski definition) is 0. The molecular weight excluding hydrogens is 386 g/mol. The number of nitriles is 1. The number of anilines is 2. The number of carbonyl (C=O) groups excluding carboxylic acids is 1. The van der Waals surface area contributed by atoms with Crippen molar-refractivity contribution in [2.24, 2.45) is 0 Å². The normalized spacial score (nSPS) is 22.0. The Morgan fingerprint density at radius 2 is 1.74 bits per heavy atom. The zero-order valence-corrected chi connectivity index (χ0v) is 17.6. The fourth-order valence-electron chi connectivity index (χ4n) is 5.26. The van der Waals surface area contributed by atoms with Crippen LogP contribution in [0.25, 0.3) is 0 Å². The standard InChI is InChI=1S/C26H23N3O2/c1-28-23-6-4-3-5-22(23)26(25(28)30)15-16-29(20-11-13-21(31-2)14-12-20)24(26)19-9-7-18(17-27)8-10-19/h3-14,24H,15-16H2,1-2H3/t24-,26-/m0/s1. The van der Waals surface area contributed by atoms with Crippen molar-refractivity contribution in [3.05, 3.63) is 89.5 Å². The molecule has 2 atom stereocenters. The van der Waals surface area contributed by atoms with Crippen molar-refractivity contribution in [3.8, 4) is 11.8 Å². The van der Waals surface area contributed by atoms with Crippen molar-refractivity contribution in [2.75, 3.05) is 30.5 Å². The van der Waals surface area contributed by atoms with Gasteiger partial charge in [-0.05, 0) is 60.0 Å². The van der Waals surface area contributed by atoms with Crippen molar-refractivity contribution in [1.82, 2.24) is 0 Å². The molecule has 3 aromatic rings. The van der Waals surface area contributed by atoms with Crippen LogP contribution >= 0.6 is 0 Å². The second kappa shape index (κ2) is 7.17. The van der Waals surface area contributed by atoms with Gasteiger partial charge in [-0.25, -0.2) is 0 Å². The molecule has 0 saturated carbocycles. The van der Waals surface area contributed by atoms with Crippen LogP contribution in [-0.4, -0.2) is 26.6 Å². The predicted octanol–water partition coefficient (Wildman–Crippen LogP) is 4.43. The first-order valence-electron chi connectivity index (χ1n) is 10.4. The van der Waals surface area contributed by atoms with Gasteiger partial charge in [0.2, 0.25) is 5.91 Å². The van der Waals surface area contributed by atoms with Crippen molar-refractivity contribution >= 4 is 17.3 Å². The third-order valence-electron chi connectivity index (χ3n) is 6.72. The quantitative estimate of drug-likeness (QED) is 0.642. The van der Waals surface area contributed by atoms with Gasteiger partial charge in [-0.3, -0.25) is 4.79 Å². The molecule has 3 aromatic carbocycles. The fourth-order valence-corrected chi connectivity index (χ4v) is 5.26. The first-order chi connectivity index (χ1) is 15.1. The third-order valence-corrected chi connectivity index (χ3v) is 6.72. The minimum absolute atomic E-state index is 0.124. The minimum atomic E-state index is -0.667. The molecule has 0 radical (unpaired) electrons. The molecule has 31 heavy (non-hydrogen) atoms. The zero-order valence-electron chi connectivity index (χ0n) is 17.6. The molecular formula is C26H23N3O2. The van der Waals surface area contributed by atoms with E-state index in [1.807, 2.05) is 73.8 Å². The summed E-state index contributed by atoms with van der Waals surface area (Å²) in [4.78, 5) is 17.9. The molecule has 1 saturated heterocycles. The summed E-state index contributed by atoms with van der Waals surface area (Å²) in [5, 5.41) is 9.25. The summed E-state index contributed by atoms with van der Waals surface area (Å²) in [7, 11) is 3.52. The molecule has 2 aliphatic heterocycles. The van der Waals surface area contributed by atoms with Gasteiger partial charge in [-0.1, -0.05) is 30.3 Å². The predicted molar refractivity (Wildman–Crippen MR) is 120 cm³/mol. The smallest absolute Gasteiger partial charge is 0.240 e. The Morgan fingerprint density at radius 1 is 1.03 bits per heavy atom. The number of nitrogens with zero attached hydrogens (tertiary/aromatic N) is 3. The summed E-state index contributed by atoms with van der Waals surface area (Å²) < 4.78 is 5.33. The van der Waals surface area contributed by atoms with E-state index in [1.165, 1.54) is 0 Å². The van der Waals surface area contributed by atoms with E-state index >= 15 is 0 Å². The van der Waals surface area contributed by atoms with Gasteiger partial charge in [-0.2, -0.15) is 5.26 Å². The second-order valence-electron chi connectivity index (χ2n) is 8.13. The zero-order chi connectivity index (χ0) is 21.6. The number of ether oxygens (including phenoxy) is 1. The Labute approximate surface area is 182 Å². The van der Waals surface area contributed by atoms with Gasteiger partial charge >= 0.3 is 0 Å². The van der Waals surface area contributed by atoms with E-state index in [1.54, 1.807) is 12.0 Å². The van der Waals surface area contributed by atoms with Crippen LogP contribution in [0.15, 0.2) is 72.8 Å². The van der Waals surface area contributed by atoms with E-state index in [9.17, 15) is 10.1 Å². The highest BCUT2D eigenvalue weighted by Gasteiger charge is 2.60. The van der Waals surface area contributed by atoms with Gasteiger partial charge in [0.15, 0.2) is 0 Å². The van der Waals surface area contributed by atoms with E-state index in [0.29, 0.717) is 5.56 Å². The molecule has 0 aliphatic carbocycles. The molecule has 5 nitrogen and oxygen atoms in total. The van der Waals surface area contributed by atoms with Crippen LogP contribution in [0.1, 0.15) is 29.2 Å². The summed E-state index contributed by atoms with van der Waals surface area (Å²) >= 11 is 0. The molecule has 0 aromatic heterocycles. The summed E-state index contributed by atoms with van der Waals surface area (Å²) in [5.74, 6) is 0.925. The molecule has 154 valence electrons. The fraction of sp³-hybridized carbons (Fsp3) is 0.231. The molecule has 0 bridgehead atoms. The van der Waals surface area contributed by atoms with Gasteiger partial charge < -0.3 is 14.5 Å². The molecule has 5 heteroatoms. The van der Waals surface area contributed by atoms with Gasteiger partial charge in [0.25, 0.3) is 0 Å². The van der Waals surface area contributed by atoms with E-state index in [2.05, 4.69) is 17.0 Å². The first kappa shape index (κ1) is 19.2. The van der Waals surface area contributed by atoms with Crippen LogP contribution < -0.4 is 14.5 Å². The highest BCUT2D eigenvalue weighted by molar-refractivity contribution is 6.09. The lowest BCUT2D eigenvalue weighted by molar-refractivity contribution is -0.123. The van der Waals surface area contributed by atoms with Crippen LogP contribution in [0, 0.1) is 11.3 Å². The number of benzene rings is 3. The summed E-state index contributed by atoms with van der Waals surface area (Å²) in [6.45, 7) is 0.755. The van der Waals surface area contributed by atoms with E-state index in [4.69, 9.17) is 4.74 Å². The van der Waals surface area contributed by atoms with Gasteiger partial charge in [0, 0.05) is 25.0 Å². The lowest BCUT2D eigenvalue weighted by atomic mass is 9.72. The largest absolute Gasteiger partial charge is 0.497 e. The van der Waals surface area contributed by atoms with Gasteiger partial charge in [0.05, 0.1) is 24.8 Å². The van der Waals surface area contributed by atoms with Crippen LogP contribution in [0.2, 0.25) is 0 Å². The van der Waals surface area contributed by atoms with E-state index in [0.717, 1.165) is 41.2 Å². The Hall–Kier alpha value is -3.78. The third kappa shape index (κ3) is 2.72. The molecule has 5 rings (SSSR count). The number of methoxy groups -OCH3 is 1. The van der Waals surface area contributed by atoms with Crippen LogP contribution in [0.3, 0.4) is 0 Å². The van der Waals surface area contributed by atoms with E-state index < -0.39 is 5.41 Å². The summed E-state index contributed by atoms with van der Waals surface area (Å²) in [6, 6.07) is 25.8. The molecule has 0 N–H and O–H groups in total. The molecule has 0 unspecified atom stereocenters. The Bertz CT molecular complexity index is 1180. The molecule has 2 heterocycles. The lowest BCUT2D eigenvalue weighted by Gasteiger charge is -2.36. The number of fused-ring (bicyclic) bond motifs is 2. The maximum absolute atomic E-state index is 13.8. The second-order valence-corrected chi connectivity index (χ2v) is 8.13.